The van der Waals surface area contributed by atoms with Crippen LogP contribution in [-0.2, 0) is 18.2 Å². The third-order valence-electron chi connectivity index (χ3n) is 4.90. The molecule has 3 aromatic rings. The first kappa shape index (κ1) is 19.9. The summed E-state index contributed by atoms with van der Waals surface area (Å²) in [5.74, 6) is -0.519. The van der Waals surface area contributed by atoms with Crippen molar-refractivity contribution in [1.82, 2.24) is 19.7 Å². The molecule has 0 atom stereocenters. The van der Waals surface area contributed by atoms with Crippen molar-refractivity contribution in [2.45, 2.75) is 25.7 Å². The maximum absolute atomic E-state index is 12.8. The second kappa shape index (κ2) is 8.96. The van der Waals surface area contributed by atoms with Gasteiger partial charge in [0, 0.05) is 51.0 Å². The summed E-state index contributed by atoms with van der Waals surface area (Å²) in [6.07, 6.45) is 7.54. The molecule has 0 aliphatic carbocycles. The number of rotatable bonds is 0. The fourth-order valence-corrected chi connectivity index (χ4v) is 3.41. The molecule has 0 saturated heterocycles. The molecule has 1 aliphatic rings. The Kier molecular flexibility index (Phi) is 5.94. The van der Waals surface area contributed by atoms with Crippen LogP contribution in [0.2, 0.25) is 0 Å². The predicted molar refractivity (Wildman–Crippen MR) is 111 cm³/mol. The number of amides is 1. The van der Waals surface area contributed by atoms with E-state index in [1.807, 2.05) is 18.2 Å². The Balaban J connectivity index is 1.68. The monoisotopic (exact) mass is 405 g/mol. The standard InChI is InChI=1S/C22H23N5O3/c1-27-14-19-21(26-27)20(28)5-3-11-30-10-2-4-17-12-15(6-8-23-17)16-7-9-24-18(13-16)22(29)25-19/h6-9,12-14H,2-5,10-11H2,1H3,(H,25,29). The fourth-order valence-electron chi connectivity index (χ4n) is 3.41. The highest BCUT2D eigenvalue weighted by Crippen LogP contribution is 2.22. The summed E-state index contributed by atoms with van der Waals surface area (Å²) < 4.78 is 7.18. The lowest BCUT2D eigenvalue weighted by atomic mass is 10.0. The Bertz CT molecular complexity index is 1080. The summed E-state index contributed by atoms with van der Waals surface area (Å²) >= 11 is 0. The van der Waals surface area contributed by atoms with E-state index in [4.69, 9.17) is 4.74 Å². The van der Waals surface area contributed by atoms with Crippen LogP contribution in [0.1, 0.15) is 45.9 Å². The maximum atomic E-state index is 12.8. The van der Waals surface area contributed by atoms with Crippen LogP contribution in [0.4, 0.5) is 5.69 Å². The van der Waals surface area contributed by atoms with Crippen LogP contribution in [0.25, 0.3) is 11.1 Å². The van der Waals surface area contributed by atoms with E-state index in [0.717, 1.165) is 29.7 Å². The number of anilines is 1. The van der Waals surface area contributed by atoms with Crippen molar-refractivity contribution in [3.63, 3.8) is 0 Å². The van der Waals surface area contributed by atoms with Crippen molar-refractivity contribution in [2.75, 3.05) is 18.5 Å². The first-order valence-corrected chi connectivity index (χ1v) is 9.97. The second-order valence-electron chi connectivity index (χ2n) is 7.23. The highest BCUT2D eigenvalue weighted by molar-refractivity contribution is 6.08. The van der Waals surface area contributed by atoms with Gasteiger partial charge in [0.15, 0.2) is 11.5 Å². The van der Waals surface area contributed by atoms with Gasteiger partial charge in [0.25, 0.3) is 5.91 Å². The van der Waals surface area contributed by atoms with Crippen molar-refractivity contribution in [2.24, 2.45) is 7.05 Å². The van der Waals surface area contributed by atoms with E-state index in [1.54, 1.807) is 31.7 Å². The van der Waals surface area contributed by atoms with Gasteiger partial charge in [-0.2, -0.15) is 5.10 Å². The number of pyridine rings is 2. The normalized spacial score (nSPS) is 15.6. The third-order valence-corrected chi connectivity index (χ3v) is 4.90. The molecular formula is C22H23N5O3. The van der Waals surface area contributed by atoms with Crippen LogP contribution in [0.15, 0.2) is 42.9 Å². The number of ether oxygens (including phenoxy) is 1. The number of nitrogens with zero attached hydrogens (tertiary/aromatic N) is 4. The summed E-state index contributed by atoms with van der Waals surface area (Å²) in [5, 5.41) is 7.01. The maximum Gasteiger partial charge on any atom is 0.274 e. The lowest BCUT2D eigenvalue weighted by Crippen LogP contribution is -2.16. The Labute approximate surface area is 174 Å². The number of hydrogen-bond donors (Lipinski definition) is 1. The number of carbonyl (C=O) groups is 2. The number of ketones is 1. The third kappa shape index (κ3) is 4.60. The molecule has 1 amide bonds. The zero-order valence-electron chi connectivity index (χ0n) is 16.8. The van der Waals surface area contributed by atoms with Gasteiger partial charge in [-0.05, 0) is 54.7 Å². The molecule has 0 unspecified atom stereocenters. The number of Topliss-reactive ketones (excluding diaryl/α,β-unsaturated/α-hetero) is 1. The molecule has 3 aromatic heterocycles. The van der Waals surface area contributed by atoms with Crippen molar-refractivity contribution in [3.05, 3.63) is 59.9 Å². The fraction of sp³-hybridized carbons (Fsp3) is 0.318. The lowest BCUT2D eigenvalue weighted by molar-refractivity contribution is 0.0931. The van der Waals surface area contributed by atoms with Crippen LogP contribution in [-0.4, -0.2) is 44.7 Å². The van der Waals surface area contributed by atoms with Crippen molar-refractivity contribution < 1.29 is 14.3 Å². The van der Waals surface area contributed by atoms with Crippen LogP contribution in [0.5, 0.6) is 0 Å². The molecule has 30 heavy (non-hydrogen) atoms. The topological polar surface area (TPSA) is 99.0 Å². The van der Waals surface area contributed by atoms with Gasteiger partial charge in [-0.25, -0.2) is 0 Å². The minimum Gasteiger partial charge on any atom is -0.381 e. The number of aromatic nitrogens is 4. The van der Waals surface area contributed by atoms with Gasteiger partial charge < -0.3 is 10.1 Å². The molecule has 8 nitrogen and oxygen atoms in total. The average Bonchev–Trinajstić information content (AvgIpc) is 3.12. The largest absolute Gasteiger partial charge is 0.381 e. The molecule has 1 N–H and O–H groups in total. The molecule has 8 heteroatoms. The van der Waals surface area contributed by atoms with Gasteiger partial charge in [0.2, 0.25) is 0 Å². The van der Waals surface area contributed by atoms with E-state index >= 15 is 0 Å². The summed E-state index contributed by atoms with van der Waals surface area (Å²) in [7, 11) is 1.71. The van der Waals surface area contributed by atoms with Gasteiger partial charge in [-0.1, -0.05) is 0 Å². The molecule has 4 rings (SSSR count). The summed E-state index contributed by atoms with van der Waals surface area (Å²) in [5.41, 5.74) is 3.71. The number of aryl methyl sites for hydroxylation is 2. The molecule has 1 aliphatic heterocycles. The van der Waals surface area contributed by atoms with E-state index in [-0.39, 0.29) is 17.2 Å². The molecule has 154 valence electrons. The zero-order valence-corrected chi connectivity index (χ0v) is 16.8. The molecule has 0 saturated carbocycles. The molecule has 0 radical (unpaired) electrons. The van der Waals surface area contributed by atoms with E-state index in [9.17, 15) is 9.59 Å². The first-order chi connectivity index (χ1) is 14.6. The minimum absolute atomic E-state index is 0.128. The summed E-state index contributed by atoms with van der Waals surface area (Å²) in [4.78, 5) is 34.0. The van der Waals surface area contributed by atoms with Gasteiger partial charge in [-0.3, -0.25) is 24.2 Å². The van der Waals surface area contributed by atoms with E-state index in [2.05, 4.69) is 20.4 Å². The van der Waals surface area contributed by atoms with Gasteiger partial charge in [-0.15, -0.1) is 0 Å². The molecule has 4 heterocycles. The summed E-state index contributed by atoms with van der Waals surface area (Å²) in [6.45, 7) is 1.12. The number of carbonyl (C=O) groups excluding carboxylic acids is 2. The molecular weight excluding hydrogens is 382 g/mol. The number of nitrogens with one attached hydrogen (secondary N) is 1. The minimum atomic E-state index is -0.391. The van der Waals surface area contributed by atoms with E-state index in [1.165, 1.54) is 4.68 Å². The predicted octanol–water partition coefficient (Wildman–Crippen LogP) is 3.06. The number of fused-ring (bicyclic) bond motifs is 6. The van der Waals surface area contributed by atoms with Crippen molar-refractivity contribution >= 4 is 17.4 Å². The number of hydrogen-bond acceptors (Lipinski definition) is 6. The van der Waals surface area contributed by atoms with E-state index < -0.39 is 5.91 Å². The summed E-state index contributed by atoms with van der Waals surface area (Å²) in [6, 6.07) is 7.53. The Morgan fingerprint density at radius 1 is 1.00 bits per heavy atom. The van der Waals surface area contributed by atoms with Crippen molar-refractivity contribution in [1.29, 1.82) is 0 Å². The quantitative estimate of drug-likeness (QED) is 0.617. The highest BCUT2D eigenvalue weighted by atomic mass is 16.5. The Morgan fingerprint density at radius 3 is 2.57 bits per heavy atom. The SMILES string of the molecule is Cn1cc2c(n1)C(=O)CCCOCCCc1cc(ccn1)-c1ccnc(c1)C(=O)N2. The smallest absolute Gasteiger partial charge is 0.274 e. The van der Waals surface area contributed by atoms with Gasteiger partial charge >= 0.3 is 0 Å². The van der Waals surface area contributed by atoms with Crippen molar-refractivity contribution in [3.8, 4) is 11.1 Å². The first-order valence-electron chi connectivity index (χ1n) is 9.97. The lowest BCUT2D eigenvalue weighted by Gasteiger charge is -2.09. The van der Waals surface area contributed by atoms with Crippen LogP contribution in [0, 0.1) is 0 Å². The molecule has 0 aromatic carbocycles. The molecule has 0 fully saturated rings. The second-order valence-corrected chi connectivity index (χ2v) is 7.23. The molecule has 4 bridgehead atoms. The van der Waals surface area contributed by atoms with Crippen LogP contribution >= 0.6 is 0 Å². The highest BCUT2D eigenvalue weighted by Gasteiger charge is 2.19. The Morgan fingerprint density at radius 2 is 1.73 bits per heavy atom. The Hall–Kier alpha value is -3.39. The van der Waals surface area contributed by atoms with Crippen LogP contribution < -0.4 is 5.32 Å². The van der Waals surface area contributed by atoms with Gasteiger partial charge in [0.05, 0.1) is 5.69 Å². The average molecular weight is 405 g/mol. The zero-order chi connectivity index (χ0) is 20.9. The molecule has 0 spiro atoms. The van der Waals surface area contributed by atoms with Crippen LogP contribution in [0.3, 0.4) is 0 Å². The van der Waals surface area contributed by atoms with E-state index in [0.29, 0.717) is 31.7 Å². The van der Waals surface area contributed by atoms with Gasteiger partial charge in [0.1, 0.15) is 5.69 Å².